The van der Waals surface area contributed by atoms with Gasteiger partial charge in [-0.05, 0) is 84.6 Å². The van der Waals surface area contributed by atoms with Gasteiger partial charge in [-0.2, -0.15) is 0 Å². The van der Waals surface area contributed by atoms with Gasteiger partial charge < -0.3 is 19.4 Å². The molecule has 298 valence electrons. The third kappa shape index (κ3) is 14.7. The quantitative estimate of drug-likeness (QED) is 0.0458. The Morgan fingerprint density at radius 1 is 0.418 bits per heavy atom. The van der Waals surface area contributed by atoms with E-state index in [1.165, 1.54) is 148 Å². The van der Waals surface area contributed by atoms with Gasteiger partial charge in [-0.1, -0.05) is 154 Å². The Bertz CT molecular complexity index is 1520. The van der Waals surface area contributed by atoms with E-state index in [-0.39, 0.29) is 11.8 Å². The van der Waals surface area contributed by atoms with Gasteiger partial charge in [0.1, 0.15) is 11.5 Å². The number of rotatable bonds is 30. The molecule has 0 aliphatic carbocycles. The van der Waals surface area contributed by atoms with Crippen LogP contribution in [0.25, 0.3) is 0 Å². The van der Waals surface area contributed by atoms with Gasteiger partial charge >= 0.3 is 0 Å². The van der Waals surface area contributed by atoms with E-state index in [1.54, 1.807) is 0 Å². The SMILES string of the molecule is CCCCCCCCCCCCOc1ccc(C(c2ccc[nH]2)c2ccc(C(c3ccc(OCCCCCCCCCCCC)cc3)c3ccc[nH]3)s2)cc1. The highest BCUT2D eigenvalue weighted by Gasteiger charge is 2.24. The lowest BCUT2D eigenvalue weighted by atomic mass is 9.93. The molecule has 5 rings (SSSR count). The molecule has 0 amide bonds. The van der Waals surface area contributed by atoms with Gasteiger partial charge in [0.25, 0.3) is 0 Å². The predicted octanol–water partition coefficient (Wildman–Crippen LogP) is 15.4. The van der Waals surface area contributed by atoms with Crippen molar-refractivity contribution in [2.45, 2.75) is 154 Å². The number of aromatic amines is 2. The molecule has 2 atom stereocenters. The van der Waals surface area contributed by atoms with Crippen LogP contribution >= 0.6 is 11.3 Å². The average molecular weight is 763 g/mol. The van der Waals surface area contributed by atoms with E-state index >= 15 is 0 Å². The van der Waals surface area contributed by atoms with Crippen molar-refractivity contribution in [3.05, 3.63) is 130 Å². The second-order valence-electron chi connectivity index (χ2n) is 15.6. The molecule has 2 N–H and O–H groups in total. The van der Waals surface area contributed by atoms with Crippen LogP contribution in [-0.2, 0) is 0 Å². The molecule has 0 aliphatic heterocycles. The highest BCUT2D eigenvalue weighted by molar-refractivity contribution is 7.12. The van der Waals surface area contributed by atoms with Crippen molar-refractivity contribution in [1.82, 2.24) is 9.97 Å². The number of unbranched alkanes of at least 4 members (excludes halogenated alkanes) is 18. The van der Waals surface area contributed by atoms with E-state index in [4.69, 9.17) is 9.47 Å². The summed E-state index contributed by atoms with van der Waals surface area (Å²) in [6, 6.07) is 30.8. The summed E-state index contributed by atoms with van der Waals surface area (Å²) < 4.78 is 12.4. The lowest BCUT2D eigenvalue weighted by Crippen LogP contribution is -2.03. The number of hydrogen-bond acceptors (Lipinski definition) is 3. The molecule has 0 fully saturated rings. The number of thiophene rings is 1. The van der Waals surface area contributed by atoms with Crippen LogP contribution in [-0.4, -0.2) is 23.2 Å². The molecular formula is C50H70N2O2S. The van der Waals surface area contributed by atoms with Crippen molar-refractivity contribution in [1.29, 1.82) is 0 Å². The summed E-state index contributed by atoms with van der Waals surface area (Å²) in [5, 5.41) is 0. The van der Waals surface area contributed by atoms with E-state index < -0.39 is 0 Å². The van der Waals surface area contributed by atoms with E-state index in [9.17, 15) is 0 Å². The molecule has 3 heterocycles. The van der Waals surface area contributed by atoms with Gasteiger partial charge in [0, 0.05) is 33.5 Å². The maximum atomic E-state index is 6.18. The van der Waals surface area contributed by atoms with Crippen molar-refractivity contribution in [2.75, 3.05) is 13.2 Å². The van der Waals surface area contributed by atoms with Crippen LogP contribution in [0.5, 0.6) is 11.5 Å². The number of aromatic nitrogens is 2. The Balaban J connectivity index is 1.13. The topological polar surface area (TPSA) is 50.0 Å². The molecule has 4 nitrogen and oxygen atoms in total. The highest BCUT2D eigenvalue weighted by atomic mass is 32.1. The molecule has 0 saturated carbocycles. The normalized spacial score (nSPS) is 12.5. The zero-order valence-corrected chi connectivity index (χ0v) is 35.0. The third-order valence-corrected chi connectivity index (χ3v) is 12.3. The number of benzene rings is 2. The van der Waals surface area contributed by atoms with E-state index in [0.717, 1.165) is 37.6 Å². The first-order valence-electron chi connectivity index (χ1n) is 22.1. The first kappa shape index (κ1) is 42.4. The first-order chi connectivity index (χ1) is 27.3. The fourth-order valence-corrected chi connectivity index (χ4v) is 9.10. The second kappa shape index (κ2) is 25.5. The largest absolute Gasteiger partial charge is 0.494 e. The molecule has 3 aromatic heterocycles. The monoisotopic (exact) mass is 763 g/mol. The molecule has 0 saturated heterocycles. The van der Waals surface area contributed by atoms with Crippen LogP contribution in [0, 0.1) is 0 Å². The lowest BCUT2D eigenvalue weighted by Gasteiger charge is -2.18. The van der Waals surface area contributed by atoms with Crippen LogP contribution in [0.3, 0.4) is 0 Å². The number of nitrogens with one attached hydrogen (secondary N) is 2. The van der Waals surface area contributed by atoms with E-state index in [1.807, 2.05) is 23.7 Å². The van der Waals surface area contributed by atoms with Crippen LogP contribution in [0.1, 0.15) is 186 Å². The molecule has 5 aromatic rings. The molecule has 55 heavy (non-hydrogen) atoms. The summed E-state index contributed by atoms with van der Waals surface area (Å²) in [5.74, 6) is 2.16. The van der Waals surface area contributed by atoms with Crippen LogP contribution < -0.4 is 9.47 Å². The molecular weight excluding hydrogens is 693 g/mol. The minimum Gasteiger partial charge on any atom is -0.494 e. The second-order valence-corrected chi connectivity index (χ2v) is 16.7. The fraction of sp³-hybridized carbons (Fsp3) is 0.520. The Hall–Kier alpha value is -3.70. The summed E-state index contributed by atoms with van der Waals surface area (Å²) in [5.41, 5.74) is 4.94. The van der Waals surface area contributed by atoms with Gasteiger partial charge in [0.2, 0.25) is 0 Å². The van der Waals surface area contributed by atoms with Crippen LogP contribution in [0.2, 0.25) is 0 Å². The minimum absolute atomic E-state index is 0.121. The number of H-pyrrole nitrogens is 2. The maximum Gasteiger partial charge on any atom is 0.119 e. The zero-order chi connectivity index (χ0) is 38.2. The van der Waals surface area contributed by atoms with Crippen molar-refractivity contribution in [2.24, 2.45) is 0 Å². The molecule has 2 unspecified atom stereocenters. The lowest BCUT2D eigenvalue weighted by molar-refractivity contribution is 0.304. The summed E-state index contributed by atoms with van der Waals surface area (Å²) in [6.07, 6.45) is 30.8. The van der Waals surface area contributed by atoms with E-state index in [2.05, 4.69) is 109 Å². The Morgan fingerprint density at radius 3 is 1.09 bits per heavy atom. The molecule has 0 radical (unpaired) electrons. The van der Waals surface area contributed by atoms with E-state index in [0.29, 0.717) is 0 Å². The average Bonchev–Trinajstić information content (AvgIpc) is 4.03. The standard InChI is InChI=1S/C50H70N2O2S/c1-3-5-7-9-11-13-15-17-19-21-39-53-43-31-27-41(28-32-43)49(45-25-23-37-51-45)47-35-36-48(55-47)50(46-26-24-38-52-46)42-29-33-44(34-30-42)54-40-22-20-18-16-14-12-10-8-6-4-2/h23-38,49-52H,3-22,39-40H2,1-2H3. The molecule has 0 spiro atoms. The molecule has 5 heteroatoms. The molecule has 0 bridgehead atoms. The van der Waals surface area contributed by atoms with Gasteiger partial charge in [0.05, 0.1) is 25.0 Å². The van der Waals surface area contributed by atoms with Gasteiger partial charge in [-0.3, -0.25) is 0 Å². The predicted molar refractivity (Wildman–Crippen MR) is 235 cm³/mol. The zero-order valence-electron chi connectivity index (χ0n) is 34.2. The smallest absolute Gasteiger partial charge is 0.119 e. The van der Waals surface area contributed by atoms with Crippen LogP contribution in [0.15, 0.2) is 97.3 Å². The summed E-state index contributed by atoms with van der Waals surface area (Å²) in [4.78, 5) is 9.70. The van der Waals surface area contributed by atoms with Crippen molar-refractivity contribution in [3.63, 3.8) is 0 Å². The molecule has 2 aromatic carbocycles. The number of ether oxygens (including phenoxy) is 2. The fourth-order valence-electron chi connectivity index (χ4n) is 7.79. The Morgan fingerprint density at radius 2 is 0.764 bits per heavy atom. The Kier molecular flexibility index (Phi) is 19.6. The number of hydrogen-bond donors (Lipinski definition) is 2. The third-order valence-electron chi connectivity index (χ3n) is 11.0. The molecule has 0 aliphatic rings. The van der Waals surface area contributed by atoms with Gasteiger partial charge in [-0.25, -0.2) is 0 Å². The van der Waals surface area contributed by atoms with Crippen molar-refractivity contribution < 1.29 is 9.47 Å². The summed E-state index contributed by atoms with van der Waals surface area (Å²) >= 11 is 1.90. The summed E-state index contributed by atoms with van der Waals surface area (Å²) in [6.45, 7) is 6.15. The van der Waals surface area contributed by atoms with Crippen molar-refractivity contribution >= 4 is 11.3 Å². The van der Waals surface area contributed by atoms with Crippen LogP contribution in [0.4, 0.5) is 0 Å². The highest BCUT2D eigenvalue weighted by Crippen LogP contribution is 2.41. The first-order valence-corrected chi connectivity index (χ1v) is 22.9. The summed E-state index contributed by atoms with van der Waals surface area (Å²) in [7, 11) is 0. The minimum atomic E-state index is 0.121. The maximum absolute atomic E-state index is 6.18. The van der Waals surface area contributed by atoms with Crippen molar-refractivity contribution in [3.8, 4) is 11.5 Å². The van der Waals surface area contributed by atoms with Gasteiger partial charge in [-0.15, -0.1) is 11.3 Å². The Labute approximate surface area is 337 Å². The van der Waals surface area contributed by atoms with Gasteiger partial charge in [0.15, 0.2) is 0 Å².